The highest BCUT2D eigenvalue weighted by atomic mass is 32.1. The first-order chi connectivity index (χ1) is 14.7. The molecule has 1 unspecified atom stereocenters. The number of methoxy groups -OCH3 is 2. The summed E-state index contributed by atoms with van der Waals surface area (Å²) in [6.45, 7) is 5.70. The van der Waals surface area contributed by atoms with Crippen LogP contribution in [0.3, 0.4) is 0 Å². The van der Waals surface area contributed by atoms with Crippen LogP contribution in [0.25, 0.3) is 21.5 Å². The van der Waals surface area contributed by atoms with Crippen LogP contribution in [0.2, 0.25) is 0 Å². The second kappa shape index (κ2) is 11.7. The van der Waals surface area contributed by atoms with Crippen LogP contribution in [0.1, 0.15) is 47.9 Å². The molecule has 2 N–H and O–H groups in total. The zero-order valence-electron chi connectivity index (χ0n) is 18.2. The van der Waals surface area contributed by atoms with Gasteiger partial charge in [0.15, 0.2) is 6.29 Å². The molecule has 0 fully saturated rings. The van der Waals surface area contributed by atoms with Gasteiger partial charge in [-0.05, 0) is 31.2 Å². The molecule has 0 amide bonds. The lowest BCUT2D eigenvalue weighted by molar-refractivity contribution is -0.140. The molecule has 1 atom stereocenters. The van der Waals surface area contributed by atoms with Crippen molar-refractivity contribution >= 4 is 28.5 Å². The third-order valence-corrected chi connectivity index (χ3v) is 4.81. The van der Waals surface area contributed by atoms with Gasteiger partial charge >= 0.3 is 6.18 Å². The van der Waals surface area contributed by atoms with Crippen molar-refractivity contribution in [2.75, 3.05) is 21.3 Å². The van der Waals surface area contributed by atoms with E-state index >= 15 is 0 Å². The van der Waals surface area contributed by atoms with Crippen LogP contribution in [-0.2, 0) is 10.9 Å². The number of benzene rings is 1. The molecular formula is C21H26F3N3O3S. The number of nitrogens with zero attached hydrogens (tertiary/aromatic N) is 2. The Kier molecular flexibility index (Phi) is 10.0. The van der Waals surface area contributed by atoms with Crippen molar-refractivity contribution in [2.45, 2.75) is 33.0 Å². The van der Waals surface area contributed by atoms with Gasteiger partial charge in [0, 0.05) is 31.2 Å². The number of ether oxygens (including phenoxy) is 2. The van der Waals surface area contributed by atoms with E-state index < -0.39 is 17.9 Å². The van der Waals surface area contributed by atoms with Gasteiger partial charge in [0.25, 0.3) is 0 Å². The van der Waals surface area contributed by atoms with Crippen LogP contribution < -0.4 is 10.5 Å². The van der Waals surface area contributed by atoms with E-state index in [1.807, 2.05) is 13.8 Å². The van der Waals surface area contributed by atoms with Crippen molar-refractivity contribution < 1.29 is 27.4 Å². The molecule has 0 aliphatic rings. The first kappa shape index (κ1) is 26.5. The molecule has 0 bridgehead atoms. The standard InChI is InChI=1S/C17H14F3N3O2S.C2H6O.C2H6/c1-8(21)14-12(7-24)26-16(23-14)10-3-5-11(25-2)15-9(10)4-6-13(22-15)17(18,19)20;1-3-2;1-2/h3-8H,21H2,1-2H3;1-2H3;1-2H3. The molecule has 10 heteroatoms. The highest BCUT2D eigenvalue weighted by Crippen LogP contribution is 2.38. The van der Waals surface area contributed by atoms with Gasteiger partial charge in [0.1, 0.15) is 22.0 Å². The monoisotopic (exact) mass is 457 g/mol. The first-order valence-corrected chi connectivity index (χ1v) is 10.2. The van der Waals surface area contributed by atoms with E-state index in [0.29, 0.717) is 32.8 Å². The van der Waals surface area contributed by atoms with Gasteiger partial charge in [0.2, 0.25) is 0 Å². The maximum atomic E-state index is 13.0. The number of halogens is 3. The first-order valence-electron chi connectivity index (χ1n) is 9.34. The SMILES string of the molecule is CC.COC.COc1ccc(-c2nc(C(C)N)c(C=O)s2)c2ccc(C(F)(F)F)nc12. The number of aldehydes is 1. The van der Waals surface area contributed by atoms with E-state index in [-0.39, 0.29) is 11.3 Å². The van der Waals surface area contributed by atoms with Crippen molar-refractivity contribution in [3.8, 4) is 16.3 Å². The van der Waals surface area contributed by atoms with Crippen LogP contribution in [0, 0.1) is 0 Å². The fourth-order valence-electron chi connectivity index (χ4n) is 2.57. The summed E-state index contributed by atoms with van der Waals surface area (Å²) < 4.78 is 48.4. The van der Waals surface area contributed by atoms with Gasteiger partial charge in [-0.3, -0.25) is 4.79 Å². The van der Waals surface area contributed by atoms with Crippen LogP contribution in [0.4, 0.5) is 13.2 Å². The average molecular weight is 458 g/mol. The number of fused-ring (bicyclic) bond motifs is 1. The topological polar surface area (TPSA) is 87.3 Å². The molecule has 1 aromatic carbocycles. The Morgan fingerprint density at radius 1 is 1.10 bits per heavy atom. The van der Waals surface area contributed by atoms with Gasteiger partial charge in [-0.1, -0.05) is 13.8 Å². The Bertz CT molecular complexity index is 1000. The summed E-state index contributed by atoms with van der Waals surface area (Å²) in [5.74, 6) is 0.217. The molecule has 0 aliphatic carbocycles. The highest BCUT2D eigenvalue weighted by Gasteiger charge is 2.33. The summed E-state index contributed by atoms with van der Waals surface area (Å²) in [4.78, 5) is 19.8. The molecule has 31 heavy (non-hydrogen) atoms. The quantitative estimate of drug-likeness (QED) is 0.520. The molecule has 0 aliphatic heterocycles. The number of carbonyl (C=O) groups excluding carboxylic acids is 1. The van der Waals surface area contributed by atoms with E-state index in [4.69, 9.17) is 10.5 Å². The number of rotatable bonds is 4. The summed E-state index contributed by atoms with van der Waals surface area (Å²) in [6.07, 6.45) is -3.89. The van der Waals surface area contributed by atoms with Crippen molar-refractivity contribution in [1.29, 1.82) is 0 Å². The maximum Gasteiger partial charge on any atom is 0.433 e. The number of hydrogen-bond donors (Lipinski definition) is 1. The zero-order valence-corrected chi connectivity index (χ0v) is 19.0. The number of thiazole rings is 1. The molecule has 0 saturated carbocycles. The molecule has 0 spiro atoms. The van der Waals surface area contributed by atoms with Crippen LogP contribution in [0.5, 0.6) is 5.75 Å². The smallest absolute Gasteiger partial charge is 0.433 e. The largest absolute Gasteiger partial charge is 0.494 e. The Morgan fingerprint density at radius 3 is 2.16 bits per heavy atom. The fraction of sp³-hybridized carbons (Fsp3) is 0.381. The van der Waals surface area contributed by atoms with Gasteiger partial charge < -0.3 is 15.2 Å². The lowest BCUT2D eigenvalue weighted by atomic mass is 10.1. The number of alkyl halides is 3. The summed E-state index contributed by atoms with van der Waals surface area (Å²) in [7, 11) is 4.61. The minimum absolute atomic E-state index is 0.0741. The van der Waals surface area contributed by atoms with Crippen LogP contribution >= 0.6 is 11.3 Å². The molecule has 0 radical (unpaired) electrons. The number of aromatic nitrogens is 2. The summed E-state index contributed by atoms with van der Waals surface area (Å²) in [5, 5.41) is 0.924. The van der Waals surface area contributed by atoms with Gasteiger partial charge in [0.05, 0.1) is 17.7 Å². The second-order valence-electron chi connectivity index (χ2n) is 5.99. The van der Waals surface area contributed by atoms with E-state index in [2.05, 4.69) is 14.7 Å². The molecule has 6 nitrogen and oxygen atoms in total. The maximum absolute atomic E-state index is 13.0. The Hall–Kier alpha value is -2.56. The number of carbonyl (C=O) groups is 1. The molecular weight excluding hydrogens is 431 g/mol. The second-order valence-corrected chi connectivity index (χ2v) is 7.02. The Balaban J connectivity index is 0.000000884. The van der Waals surface area contributed by atoms with Gasteiger partial charge in [-0.2, -0.15) is 13.2 Å². The minimum atomic E-state index is -4.57. The van der Waals surface area contributed by atoms with Crippen LogP contribution in [0.15, 0.2) is 24.3 Å². The van der Waals surface area contributed by atoms with Gasteiger partial charge in [-0.15, -0.1) is 11.3 Å². The molecule has 3 rings (SSSR count). The highest BCUT2D eigenvalue weighted by molar-refractivity contribution is 7.16. The lowest BCUT2D eigenvalue weighted by Gasteiger charge is -2.11. The number of pyridine rings is 1. The molecule has 0 saturated heterocycles. The predicted molar refractivity (Wildman–Crippen MR) is 117 cm³/mol. The number of nitrogens with two attached hydrogens (primary N) is 1. The van der Waals surface area contributed by atoms with E-state index in [1.54, 1.807) is 27.2 Å². The third kappa shape index (κ3) is 6.22. The molecule has 2 aromatic heterocycles. The zero-order chi connectivity index (χ0) is 23.8. The van der Waals surface area contributed by atoms with Crippen molar-refractivity contribution in [3.05, 3.63) is 40.5 Å². The minimum Gasteiger partial charge on any atom is -0.494 e. The molecule has 2 heterocycles. The Labute approximate surface area is 183 Å². The Morgan fingerprint density at radius 2 is 1.71 bits per heavy atom. The lowest BCUT2D eigenvalue weighted by Crippen LogP contribution is -2.08. The molecule has 3 aromatic rings. The summed E-state index contributed by atoms with van der Waals surface area (Å²) in [6, 6.07) is 5.00. The fourth-order valence-corrected chi connectivity index (χ4v) is 3.60. The van der Waals surface area contributed by atoms with Crippen molar-refractivity contribution in [1.82, 2.24) is 9.97 Å². The van der Waals surface area contributed by atoms with E-state index in [0.717, 1.165) is 17.4 Å². The van der Waals surface area contributed by atoms with E-state index in [9.17, 15) is 18.0 Å². The third-order valence-electron chi connectivity index (χ3n) is 3.78. The van der Waals surface area contributed by atoms with Crippen molar-refractivity contribution in [3.63, 3.8) is 0 Å². The predicted octanol–water partition coefficient (Wildman–Crippen LogP) is 5.51. The average Bonchev–Trinajstić information content (AvgIpc) is 3.18. The summed E-state index contributed by atoms with van der Waals surface area (Å²) in [5.41, 5.74) is 5.91. The summed E-state index contributed by atoms with van der Waals surface area (Å²) >= 11 is 1.13. The molecule has 170 valence electrons. The van der Waals surface area contributed by atoms with Crippen LogP contribution in [-0.4, -0.2) is 37.6 Å². The normalized spacial score (nSPS) is 11.7. The number of hydrogen-bond acceptors (Lipinski definition) is 7. The van der Waals surface area contributed by atoms with E-state index in [1.165, 1.54) is 19.2 Å². The van der Waals surface area contributed by atoms with Gasteiger partial charge in [-0.25, -0.2) is 9.97 Å². The van der Waals surface area contributed by atoms with Crippen molar-refractivity contribution in [2.24, 2.45) is 5.73 Å².